The van der Waals surface area contributed by atoms with E-state index in [4.69, 9.17) is 4.98 Å². The van der Waals surface area contributed by atoms with E-state index < -0.39 is 0 Å². The van der Waals surface area contributed by atoms with Crippen LogP contribution >= 0.6 is 0 Å². The molecule has 0 saturated carbocycles. The molecule has 4 nitrogen and oxygen atoms in total. The number of fused-ring (bicyclic) bond motifs is 11. The Morgan fingerprint density at radius 3 is 2.33 bits per heavy atom. The van der Waals surface area contributed by atoms with Gasteiger partial charge < -0.3 is 4.98 Å². The van der Waals surface area contributed by atoms with E-state index in [1.165, 1.54) is 54.8 Å². The Morgan fingerprint density at radius 2 is 1.42 bits per heavy atom. The largest absolute Gasteiger partial charge is 0.354 e. The first-order valence-corrected chi connectivity index (χ1v) is 12.3. The van der Waals surface area contributed by atoms with Gasteiger partial charge in [0, 0.05) is 38.8 Å². The molecule has 4 heteroatoms. The van der Waals surface area contributed by atoms with Crippen molar-refractivity contribution in [1.82, 2.24) is 19.4 Å². The molecule has 4 heterocycles. The van der Waals surface area contributed by atoms with Crippen molar-refractivity contribution in [1.29, 1.82) is 0 Å². The molecule has 1 N–H and O–H groups in total. The number of imidazole rings is 1. The first-order chi connectivity index (χ1) is 17.7. The van der Waals surface area contributed by atoms with E-state index in [0.717, 1.165) is 27.6 Å². The van der Waals surface area contributed by atoms with Crippen LogP contribution in [0.15, 0.2) is 91.3 Å². The normalized spacial score (nSPS) is 12.2. The number of aromatic amines is 1. The third-order valence-electron chi connectivity index (χ3n) is 7.64. The lowest BCUT2D eigenvalue weighted by molar-refractivity contribution is 1.27. The van der Waals surface area contributed by atoms with E-state index in [2.05, 4.69) is 101 Å². The van der Waals surface area contributed by atoms with Crippen molar-refractivity contribution in [2.24, 2.45) is 0 Å². The minimum atomic E-state index is 0.976. The number of nitrogens with one attached hydrogen (secondary N) is 1. The van der Waals surface area contributed by atoms with Crippen LogP contribution in [0.5, 0.6) is 0 Å². The van der Waals surface area contributed by atoms with Gasteiger partial charge in [0.2, 0.25) is 0 Å². The van der Waals surface area contributed by atoms with Gasteiger partial charge in [0.05, 0.1) is 22.7 Å². The van der Waals surface area contributed by atoms with E-state index in [1.54, 1.807) is 0 Å². The highest BCUT2D eigenvalue weighted by atomic mass is 15.0. The summed E-state index contributed by atoms with van der Waals surface area (Å²) < 4.78 is 2.25. The number of aromatic nitrogens is 4. The van der Waals surface area contributed by atoms with Crippen molar-refractivity contribution >= 4 is 60.2 Å². The predicted octanol–water partition coefficient (Wildman–Crippen LogP) is 8.11. The fraction of sp³-hybridized carbons (Fsp3) is 0.0625. The van der Waals surface area contributed by atoms with E-state index in [1.807, 2.05) is 18.5 Å². The summed E-state index contributed by atoms with van der Waals surface area (Å²) in [6.07, 6.45) is 3.84. The predicted molar refractivity (Wildman–Crippen MR) is 150 cm³/mol. The minimum Gasteiger partial charge on any atom is -0.354 e. The van der Waals surface area contributed by atoms with Gasteiger partial charge in [0.1, 0.15) is 5.65 Å². The summed E-state index contributed by atoms with van der Waals surface area (Å²) in [6, 6.07) is 28.3. The van der Waals surface area contributed by atoms with Crippen molar-refractivity contribution in [3.63, 3.8) is 0 Å². The number of benzene rings is 4. The van der Waals surface area contributed by atoms with Crippen LogP contribution in [0.1, 0.15) is 11.1 Å². The summed E-state index contributed by atoms with van der Waals surface area (Å²) in [5, 5.41) is 6.08. The fourth-order valence-electron chi connectivity index (χ4n) is 5.94. The highest BCUT2D eigenvalue weighted by molar-refractivity contribution is 6.15. The topological polar surface area (TPSA) is 46.0 Å². The number of hydrogen-bond acceptors (Lipinski definition) is 2. The van der Waals surface area contributed by atoms with Crippen LogP contribution < -0.4 is 0 Å². The number of nitrogens with zero attached hydrogens (tertiary/aromatic N) is 3. The quantitative estimate of drug-likeness (QED) is 0.250. The van der Waals surface area contributed by atoms with Gasteiger partial charge in [0.25, 0.3) is 0 Å². The van der Waals surface area contributed by atoms with Crippen molar-refractivity contribution in [2.45, 2.75) is 13.8 Å². The molecule has 36 heavy (non-hydrogen) atoms. The van der Waals surface area contributed by atoms with E-state index >= 15 is 0 Å². The van der Waals surface area contributed by atoms with Crippen molar-refractivity contribution in [3.05, 3.63) is 102 Å². The van der Waals surface area contributed by atoms with Gasteiger partial charge in [-0.25, -0.2) is 4.98 Å². The zero-order valence-corrected chi connectivity index (χ0v) is 20.0. The molecule has 0 amide bonds. The van der Waals surface area contributed by atoms with Crippen LogP contribution in [0.4, 0.5) is 0 Å². The average Bonchev–Trinajstić information content (AvgIpc) is 3.47. The maximum atomic E-state index is 5.05. The molecule has 0 fully saturated rings. The molecule has 0 aliphatic rings. The lowest BCUT2D eigenvalue weighted by Gasteiger charge is -2.15. The number of rotatable bonds is 1. The molecule has 0 radical (unpaired) electrons. The van der Waals surface area contributed by atoms with Crippen molar-refractivity contribution < 1.29 is 0 Å². The molecule has 0 aliphatic heterocycles. The molecule has 8 rings (SSSR count). The first kappa shape index (κ1) is 19.6. The van der Waals surface area contributed by atoms with Crippen molar-refractivity contribution in [3.8, 4) is 11.1 Å². The molecule has 4 aromatic heterocycles. The lowest BCUT2D eigenvalue weighted by atomic mass is 9.92. The lowest BCUT2D eigenvalue weighted by Crippen LogP contribution is -1.95. The Labute approximate surface area is 206 Å². The Kier molecular flexibility index (Phi) is 3.77. The summed E-state index contributed by atoms with van der Waals surface area (Å²) >= 11 is 0. The van der Waals surface area contributed by atoms with Crippen LogP contribution in [0.2, 0.25) is 0 Å². The highest BCUT2D eigenvalue weighted by Gasteiger charge is 2.17. The number of pyridine rings is 2. The van der Waals surface area contributed by atoms with E-state index in [-0.39, 0.29) is 0 Å². The second-order valence-electron chi connectivity index (χ2n) is 9.75. The van der Waals surface area contributed by atoms with Gasteiger partial charge in [-0.1, -0.05) is 30.3 Å². The smallest absolute Gasteiger partial charge is 0.146 e. The standard InChI is InChI=1S/C32H22N4/c1-18-13-25-20-7-3-4-8-27(20)34-29(25)16-23(18)22-15-24-21-11-12-33-17-31(21)36-30-10-6-5-9-28(30)35-32(36)26(24)14-19(22)2/h3-17,34H,1-2H3. The molecular formula is C32H22N4. The molecule has 0 atom stereocenters. The Hall–Kier alpha value is -4.70. The maximum Gasteiger partial charge on any atom is 0.146 e. The Morgan fingerprint density at radius 1 is 0.639 bits per heavy atom. The van der Waals surface area contributed by atoms with Crippen LogP contribution in [0.25, 0.3) is 71.3 Å². The van der Waals surface area contributed by atoms with Gasteiger partial charge in [-0.05, 0) is 90.0 Å². The van der Waals surface area contributed by atoms with Crippen LogP contribution in [-0.2, 0) is 0 Å². The zero-order chi connectivity index (χ0) is 24.0. The molecule has 8 aromatic rings. The van der Waals surface area contributed by atoms with Crippen molar-refractivity contribution in [2.75, 3.05) is 0 Å². The van der Waals surface area contributed by atoms with Crippen LogP contribution in [-0.4, -0.2) is 19.4 Å². The molecule has 170 valence electrons. The number of aryl methyl sites for hydroxylation is 2. The SMILES string of the molecule is Cc1cc2c(cc1-c1cc3c4ccncc4n4c5ccccc5nc4c3cc1C)[nH]c1ccccc12. The number of H-pyrrole nitrogens is 1. The average molecular weight is 463 g/mol. The first-order valence-electron chi connectivity index (χ1n) is 12.3. The summed E-state index contributed by atoms with van der Waals surface area (Å²) in [5.74, 6) is 0. The molecule has 0 bridgehead atoms. The Balaban J connectivity index is 1.49. The van der Waals surface area contributed by atoms with Gasteiger partial charge in [0.15, 0.2) is 0 Å². The highest BCUT2D eigenvalue weighted by Crippen LogP contribution is 2.39. The molecule has 0 saturated heterocycles. The van der Waals surface area contributed by atoms with E-state index in [9.17, 15) is 0 Å². The molecule has 4 aromatic carbocycles. The number of para-hydroxylation sites is 3. The minimum absolute atomic E-state index is 0.976. The third kappa shape index (κ3) is 2.53. The number of hydrogen-bond donors (Lipinski definition) is 1. The van der Waals surface area contributed by atoms with Gasteiger partial charge in [-0.15, -0.1) is 0 Å². The van der Waals surface area contributed by atoms with Crippen LogP contribution in [0, 0.1) is 13.8 Å². The zero-order valence-electron chi connectivity index (χ0n) is 20.0. The summed E-state index contributed by atoms with van der Waals surface area (Å²) in [4.78, 5) is 13.1. The van der Waals surface area contributed by atoms with Gasteiger partial charge in [-0.2, -0.15) is 0 Å². The van der Waals surface area contributed by atoms with Gasteiger partial charge in [-0.3, -0.25) is 9.38 Å². The molecule has 0 aliphatic carbocycles. The van der Waals surface area contributed by atoms with Gasteiger partial charge >= 0.3 is 0 Å². The summed E-state index contributed by atoms with van der Waals surface area (Å²) in [5.41, 5.74) is 11.5. The third-order valence-corrected chi connectivity index (χ3v) is 7.64. The summed E-state index contributed by atoms with van der Waals surface area (Å²) in [6.45, 7) is 4.42. The monoisotopic (exact) mass is 462 g/mol. The molecular weight excluding hydrogens is 440 g/mol. The second-order valence-corrected chi connectivity index (χ2v) is 9.75. The van der Waals surface area contributed by atoms with E-state index in [0.29, 0.717) is 0 Å². The fourth-order valence-corrected chi connectivity index (χ4v) is 5.94. The second kappa shape index (κ2) is 6.92. The molecule has 0 spiro atoms. The summed E-state index contributed by atoms with van der Waals surface area (Å²) in [7, 11) is 0. The maximum absolute atomic E-state index is 5.05. The Bertz CT molecular complexity index is 2180. The molecule has 0 unspecified atom stereocenters. The van der Waals surface area contributed by atoms with Crippen LogP contribution in [0.3, 0.4) is 0 Å².